The first-order chi connectivity index (χ1) is 9.73. The van der Waals surface area contributed by atoms with Gasteiger partial charge in [0.1, 0.15) is 6.04 Å². The summed E-state index contributed by atoms with van der Waals surface area (Å²) in [7, 11) is 0. The van der Waals surface area contributed by atoms with Crippen LogP contribution in [0.3, 0.4) is 0 Å². The fourth-order valence-corrected chi connectivity index (χ4v) is 2.15. The molecule has 1 amide bonds. The van der Waals surface area contributed by atoms with Crippen molar-refractivity contribution >= 4 is 17.8 Å². The second-order valence-electron chi connectivity index (χ2n) is 5.45. The van der Waals surface area contributed by atoms with E-state index in [1.165, 1.54) is 0 Å². The normalized spacial score (nSPS) is 23.3. The van der Waals surface area contributed by atoms with Gasteiger partial charge in [0.2, 0.25) is 5.91 Å². The minimum Gasteiger partial charge on any atom is -0.481 e. The third-order valence-corrected chi connectivity index (χ3v) is 3.35. The zero-order valence-electron chi connectivity index (χ0n) is 11.8. The number of nitrogens with one attached hydrogen (secondary N) is 1. The van der Waals surface area contributed by atoms with E-state index in [4.69, 9.17) is 10.8 Å². The molecule has 0 aromatic rings. The number of nitrogens with two attached hydrogens (primary N) is 1. The Hall–Kier alpha value is -2.15. The van der Waals surface area contributed by atoms with Crippen LogP contribution >= 0.6 is 0 Å². The number of carbonyl (C=O) groups excluding carboxylic acids is 1. The molecule has 0 aromatic carbocycles. The summed E-state index contributed by atoms with van der Waals surface area (Å²) < 4.78 is 0. The Morgan fingerprint density at radius 3 is 2.48 bits per heavy atom. The van der Waals surface area contributed by atoms with E-state index in [1.54, 1.807) is 0 Å². The number of carboxylic acids is 2. The number of carboxylic acid groups (broad SMARTS) is 2. The Kier molecular flexibility index (Phi) is 5.66. The number of carbonyl (C=O) groups is 3. The van der Waals surface area contributed by atoms with Crippen molar-refractivity contribution in [2.24, 2.45) is 11.1 Å². The highest BCUT2D eigenvalue weighted by molar-refractivity contribution is 5.89. The van der Waals surface area contributed by atoms with Crippen LogP contribution in [0.2, 0.25) is 0 Å². The van der Waals surface area contributed by atoms with Crippen molar-refractivity contribution in [3.8, 4) is 0 Å². The lowest BCUT2D eigenvalue weighted by atomic mass is 9.78. The summed E-state index contributed by atoms with van der Waals surface area (Å²) in [6.07, 6.45) is 7.86. The molecule has 21 heavy (non-hydrogen) atoms. The van der Waals surface area contributed by atoms with Crippen molar-refractivity contribution in [2.75, 3.05) is 0 Å². The molecule has 7 heteroatoms. The van der Waals surface area contributed by atoms with E-state index in [0.717, 1.165) is 0 Å². The van der Waals surface area contributed by atoms with Gasteiger partial charge in [0, 0.05) is 0 Å². The molecule has 116 valence electrons. The van der Waals surface area contributed by atoms with E-state index in [0.29, 0.717) is 6.42 Å². The van der Waals surface area contributed by atoms with Crippen LogP contribution in [0, 0.1) is 5.41 Å². The van der Waals surface area contributed by atoms with Crippen LogP contribution in [0.5, 0.6) is 0 Å². The van der Waals surface area contributed by atoms with Gasteiger partial charge in [-0.3, -0.25) is 9.59 Å². The van der Waals surface area contributed by atoms with Crippen LogP contribution in [-0.2, 0) is 14.4 Å². The molecular formula is C14H20N2O5. The van der Waals surface area contributed by atoms with E-state index in [1.807, 2.05) is 31.2 Å². The number of hydrogen-bond acceptors (Lipinski definition) is 4. The maximum absolute atomic E-state index is 11.7. The molecule has 3 atom stereocenters. The summed E-state index contributed by atoms with van der Waals surface area (Å²) in [6, 6.07) is -2.38. The van der Waals surface area contributed by atoms with Crippen molar-refractivity contribution in [1.29, 1.82) is 0 Å². The van der Waals surface area contributed by atoms with E-state index in [2.05, 4.69) is 5.32 Å². The third kappa shape index (κ3) is 5.39. The lowest BCUT2D eigenvalue weighted by molar-refractivity contribution is -0.143. The molecule has 0 aliphatic heterocycles. The monoisotopic (exact) mass is 296 g/mol. The lowest BCUT2D eigenvalue weighted by Crippen LogP contribution is -2.50. The van der Waals surface area contributed by atoms with Crippen LogP contribution in [0.25, 0.3) is 0 Å². The molecule has 7 nitrogen and oxygen atoms in total. The molecule has 0 fully saturated rings. The van der Waals surface area contributed by atoms with Crippen molar-refractivity contribution in [1.82, 2.24) is 5.32 Å². The Morgan fingerprint density at radius 2 is 2.00 bits per heavy atom. The highest BCUT2D eigenvalue weighted by atomic mass is 16.4. The molecule has 1 aliphatic carbocycles. The Bertz CT molecular complexity index is 486. The van der Waals surface area contributed by atoms with Crippen LogP contribution in [-0.4, -0.2) is 40.1 Å². The Labute approximate surface area is 122 Å². The zero-order chi connectivity index (χ0) is 16.0. The quantitative estimate of drug-likeness (QED) is 0.533. The maximum Gasteiger partial charge on any atom is 0.326 e. The highest BCUT2D eigenvalue weighted by Gasteiger charge is 2.32. The fraction of sp³-hybridized carbons (Fsp3) is 0.500. The topological polar surface area (TPSA) is 130 Å². The smallest absolute Gasteiger partial charge is 0.326 e. The third-order valence-electron chi connectivity index (χ3n) is 3.35. The molecule has 0 radical (unpaired) electrons. The number of rotatable bonds is 7. The minimum atomic E-state index is -1.26. The Morgan fingerprint density at radius 1 is 1.33 bits per heavy atom. The van der Waals surface area contributed by atoms with Crippen molar-refractivity contribution in [3.63, 3.8) is 0 Å². The van der Waals surface area contributed by atoms with Crippen molar-refractivity contribution < 1.29 is 24.6 Å². The summed E-state index contributed by atoms with van der Waals surface area (Å²) in [5.74, 6) is -3.16. The van der Waals surface area contributed by atoms with Gasteiger partial charge in [-0.05, 0) is 18.3 Å². The number of hydrogen-bond donors (Lipinski definition) is 4. The summed E-state index contributed by atoms with van der Waals surface area (Å²) in [5, 5.41) is 20.1. The van der Waals surface area contributed by atoms with Crippen LogP contribution in [0.4, 0.5) is 0 Å². The first-order valence-electron chi connectivity index (χ1n) is 6.58. The molecular weight excluding hydrogens is 276 g/mol. The predicted octanol–water partition coefficient (Wildman–Crippen LogP) is 0.270. The first kappa shape index (κ1) is 16.9. The SMILES string of the molecule is CC1(C[C@H](NC(=O)[C@@H](N)CC(=O)O)C(=O)O)C=CC=CC1. The van der Waals surface area contributed by atoms with Crippen LogP contribution in [0.15, 0.2) is 24.3 Å². The second kappa shape index (κ2) is 7.03. The molecule has 0 bridgehead atoms. The average molecular weight is 296 g/mol. The summed E-state index contributed by atoms with van der Waals surface area (Å²) >= 11 is 0. The summed E-state index contributed by atoms with van der Waals surface area (Å²) in [6.45, 7) is 1.90. The van der Waals surface area contributed by atoms with E-state index >= 15 is 0 Å². The largest absolute Gasteiger partial charge is 0.481 e. The van der Waals surface area contributed by atoms with Gasteiger partial charge in [0.05, 0.1) is 12.5 Å². The fourth-order valence-electron chi connectivity index (χ4n) is 2.15. The van der Waals surface area contributed by atoms with E-state index in [-0.39, 0.29) is 11.8 Å². The average Bonchev–Trinajstić information content (AvgIpc) is 2.37. The van der Waals surface area contributed by atoms with Crippen LogP contribution in [0.1, 0.15) is 26.2 Å². The van der Waals surface area contributed by atoms with Gasteiger partial charge < -0.3 is 21.3 Å². The van der Waals surface area contributed by atoms with Gasteiger partial charge in [-0.2, -0.15) is 0 Å². The van der Waals surface area contributed by atoms with Gasteiger partial charge in [-0.15, -0.1) is 0 Å². The van der Waals surface area contributed by atoms with Crippen molar-refractivity contribution in [3.05, 3.63) is 24.3 Å². The van der Waals surface area contributed by atoms with Gasteiger partial charge >= 0.3 is 11.9 Å². The first-order valence-corrected chi connectivity index (χ1v) is 6.58. The predicted molar refractivity (Wildman–Crippen MR) is 75.4 cm³/mol. The number of amides is 1. The van der Waals surface area contributed by atoms with Gasteiger partial charge in [0.25, 0.3) is 0 Å². The van der Waals surface area contributed by atoms with Gasteiger partial charge in [-0.1, -0.05) is 31.2 Å². The number of aliphatic carboxylic acids is 2. The standard InChI is InChI=1S/C14H20N2O5/c1-14(5-3-2-4-6-14)8-10(13(20)21)16-12(19)9(15)7-11(17)18/h2-5,9-10H,6-8,15H2,1H3,(H,16,19)(H,17,18)(H,20,21)/t9-,10-,14?/m0/s1. The Balaban J connectivity index is 2.68. The molecule has 5 N–H and O–H groups in total. The van der Waals surface area contributed by atoms with Gasteiger partial charge in [-0.25, -0.2) is 4.79 Å². The molecule has 1 aliphatic rings. The summed E-state index contributed by atoms with van der Waals surface area (Å²) in [4.78, 5) is 33.5. The molecule has 0 aromatic heterocycles. The molecule has 0 saturated carbocycles. The molecule has 1 rings (SSSR count). The molecule has 0 saturated heterocycles. The molecule has 0 spiro atoms. The van der Waals surface area contributed by atoms with Crippen molar-refractivity contribution in [2.45, 2.75) is 38.3 Å². The second-order valence-corrected chi connectivity index (χ2v) is 5.45. The minimum absolute atomic E-state index is 0.203. The molecule has 1 unspecified atom stereocenters. The van der Waals surface area contributed by atoms with E-state index in [9.17, 15) is 19.5 Å². The maximum atomic E-state index is 11.7. The summed E-state index contributed by atoms with van der Waals surface area (Å²) in [5.41, 5.74) is 5.05. The lowest BCUT2D eigenvalue weighted by Gasteiger charge is -2.30. The van der Waals surface area contributed by atoms with Crippen LogP contribution < -0.4 is 11.1 Å². The van der Waals surface area contributed by atoms with Gasteiger partial charge in [0.15, 0.2) is 0 Å². The molecule has 0 heterocycles. The van der Waals surface area contributed by atoms with E-state index < -0.39 is 36.4 Å². The highest BCUT2D eigenvalue weighted by Crippen LogP contribution is 2.32. The number of allylic oxidation sites excluding steroid dienone is 4. The zero-order valence-corrected chi connectivity index (χ0v) is 11.8.